The number of nitrogens with zero attached hydrogens (tertiary/aromatic N) is 2. The van der Waals surface area contributed by atoms with Gasteiger partial charge in [0.1, 0.15) is 5.82 Å². The average molecular weight is 322 g/mol. The number of hydrogen-bond acceptors (Lipinski definition) is 4. The zero-order valence-electron chi connectivity index (χ0n) is 10.6. The lowest BCUT2D eigenvalue weighted by molar-refractivity contribution is -0.141. The molecule has 20 heavy (non-hydrogen) atoms. The van der Waals surface area contributed by atoms with Crippen LogP contribution in [0.5, 0.6) is 0 Å². The van der Waals surface area contributed by atoms with Crippen LogP contribution in [0.3, 0.4) is 0 Å². The molecule has 0 radical (unpaired) electrons. The lowest BCUT2D eigenvalue weighted by Crippen LogP contribution is -2.12. The number of aromatic nitrogens is 2. The summed E-state index contributed by atoms with van der Waals surface area (Å²) >= 11 is 7.10. The molecule has 1 atom stereocenters. The maximum Gasteiger partial charge on any atom is 0.433 e. The average Bonchev–Trinajstić information content (AvgIpc) is 2.74. The molecule has 0 fully saturated rings. The van der Waals surface area contributed by atoms with Crippen LogP contribution in [0.15, 0.2) is 18.2 Å². The maximum absolute atomic E-state index is 12.6. The van der Waals surface area contributed by atoms with Gasteiger partial charge in [-0.25, -0.2) is 9.97 Å². The van der Waals surface area contributed by atoms with Crippen molar-refractivity contribution in [3.63, 3.8) is 0 Å². The largest absolute Gasteiger partial charge is 0.433 e. The van der Waals surface area contributed by atoms with Gasteiger partial charge in [0.2, 0.25) is 5.28 Å². The maximum atomic E-state index is 12.6. The van der Waals surface area contributed by atoms with Crippen molar-refractivity contribution in [2.75, 3.05) is 5.32 Å². The van der Waals surface area contributed by atoms with Gasteiger partial charge in [0.15, 0.2) is 5.69 Å². The summed E-state index contributed by atoms with van der Waals surface area (Å²) in [5.74, 6) is 0.0517. The summed E-state index contributed by atoms with van der Waals surface area (Å²) in [7, 11) is 0. The van der Waals surface area contributed by atoms with Crippen LogP contribution >= 0.6 is 22.9 Å². The second-order valence-electron chi connectivity index (χ2n) is 4.22. The van der Waals surface area contributed by atoms with Gasteiger partial charge in [-0.05, 0) is 37.6 Å². The molecule has 2 aromatic rings. The molecule has 0 amide bonds. The summed E-state index contributed by atoms with van der Waals surface area (Å²) < 4.78 is 37.9. The number of halogens is 4. The first-order valence-electron chi connectivity index (χ1n) is 5.70. The third kappa shape index (κ3) is 3.61. The summed E-state index contributed by atoms with van der Waals surface area (Å²) in [6.07, 6.45) is -4.55. The number of anilines is 1. The highest BCUT2D eigenvalue weighted by Crippen LogP contribution is 2.31. The van der Waals surface area contributed by atoms with Gasteiger partial charge in [0.25, 0.3) is 0 Å². The molecular formula is C12H11ClF3N3S. The highest BCUT2D eigenvalue weighted by atomic mass is 35.5. The van der Waals surface area contributed by atoms with Crippen LogP contribution in [0.2, 0.25) is 5.28 Å². The van der Waals surface area contributed by atoms with E-state index in [1.807, 2.05) is 26.0 Å². The standard InChI is InChI=1S/C12H11ClF3N3S/c1-6-3-4-8(20-6)7(2)17-10-5-9(12(14,15)16)18-11(13)19-10/h3-5,7H,1-2H3,(H,17,18,19). The van der Waals surface area contributed by atoms with Crippen molar-refractivity contribution in [2.24, 2.45) is 0 Å². The molecule has 3 nitrogen and oxygen atoms in total. The minimum absolute atomic E-state index is 0.0517. The van der Waals surface area contributed by atoms with Gasteiger partial charge in [-0.3, -0.25) is 0 Å². The van der Waals surface area contributed by atoms with E-state index in [1.165, 1.54) is 0 Å². The number of thiophene rings is 1. The van der Waals surface area contributed by atoms with Gasteiger partial charge < -0.3 is 5.32 Å². The zero-order chi connectivity index (χ0) is 14.9. The third-order valence-corrected chi connectivity index (χ3v) is 3.89. The molecule has 108 valence electrons. The molecule has 0 saturated carbocycles. The van der Waals surface area contributed by atoms with Crippen molar-refractivity contribution in [3.8, 4) is 0 Å². The molecule has 0 aliphatic heterocycles. The first-order valence-corrected chi connectivity index (χ1v) is 6.90. The number of hydrogen-bond donors (Lipinski definition) is 1. The molecule has 1 unspecified atom stereocenters. The summed E-state index contributed by atoms with van der Waals surface area (Å²) in [6.45, 7) is 3.80. The molecule has 0 aliphatic carbocycles. The Kier molecular flexibility index (Phi) is 4.19. The van der Waals surface area contributed by atoms with Crippen LogP contribution in [0.4, 0.5) is 19.0 Å². The Balaban J connectivity index is 2.23. The quantitative estimate of drug-likeness (QED) is 0.833. The summed E-state index contributed by atoms with van der Waals surface area (Å²) in [6, 6.07) is 4.56. The molecule has 1 N–H and O–H groups in total. The lowest BCUT2D eigenvalue weighted by Gasteiger charge is -2.14. The number of alkyl halides is 3. The Labute approximate surface area is 122 Å². The molecule has 2 rings (SSSR count). The molecule has 0 aliphatic rings. The minimum Gasteiger partial charge on any atom is -0.363 e. The fourth-order valence-corrected chi connectivity index (χ4v) is 2.68. The van der Waals surface area contributed by atoms with Crippen molar-refractivity contribution in [1.82, 2.24) is 9.97 Å². The Morgan fingerprint density at radius 2 is 2.00 bits per heavy atom. The smallest absolute Gasteiger partial charge is 0.363 e. The SMILES string of the molecule is Cc1ccc(C(C)Nc2cc(C(F)(F)F)nc(Cl)n2)s1. The van der Waals surface area contributed by atoms with Crippen molar-refractivity contribution >= 4 is 28.8 Å². The molecule has 0 spiro atoms. The highest BCUT2D eigenvalue weighted by Gasteiger charge is 2.33. The van der Waals surface area contributed by atoms with Crippen LogP contribution in [0.1, 0.15) is 28.4 Å². The summed E-state index contributed by atoms with van der Waals surface area (Å²) in [4.78, 5) is 9.08. The second-order valence-corrected chi connectivity index (χ2v) is 5.88. The Morgan fingerprint density at radius 3 is 2.55 bits per heavy atom. The fourth-order valence-electron chi connectivity index (χ4n) is 1.62. The first kappa shape index (κ1) is 15.1. The molecule has 2 aromatic heterocycles. The van der Waals surface area contributed by atoms with E-state index in [9.17, 15) is 13.2 Å². The van der Waals surface area contributed by atoms with E-state index in [2.05, 4.69) is 15.3 Å². The summed E-state index contributed by atoms with van der Waals surface area (Å²) in [5, 5.41) is 2.47. The van der Waals surface area contributed by atoms with Gasteiger partial charge in [0.05, 0.1) is 6.04 Å². The van der Waals surface area contributed by atoms with E-state index >= 15 is 0 Å². The number of rotatable bonds is 3. The van der Waals surface area contributed by atoms with Crippen molar-refractivity contribution < 1.29 is 13.2 Å². The molecule has 0 bridgehead atoms. The minimum atomic E-state index is -4.55. The molecule has 0 aromatic carbocycles. The van der Waals surface area contributed by atoms with Gasteiger partial charge >= 0.3 is 6.18 Å². The van der Waals surface area contributed by atoms with E-state index in [0.717, 1.165) is 15.8 Å². The van der Waals surface area contributed by atoms with Gasteiger partial charge in [-0.1, -0.05) is 0 Å². The van der Waals surface area contributed by atoms with Crippen LogP contribution in [-0.2, 0) is 6.18 Å². The van der Waals surface area contributed by atoms with E-state index in [1.54, 1.807) is 11.3 Å². The molecule has 0 saturated heterocycles. The van der Waals surface area contributed by atoms with E-state index in [-0.39, 0.29) is 11.9 Å². The number of aryl methyl sites for hydroxylation is 1. The van der Waals surface area contributed by atoms with Crippen molar-refractivity contribution in [1.29, 1.82) is 0 Å². The van der Waals surface area contributed by atoms with E-state index in [0.29, 0.717) is 0 Å². The van der Waals surface area contributed by atoms with E-state index < -0.39 is 17.2 Å². The normalized spacial score (nSPS) is 13.3. The van der Waals surface area contributed by atoms with Crippen LogP contribution in [-0.4, -0.2) is 9.97 Å². The van der Waals surface area contributed by atoms with Gasteiger partial charge in [-0.15, -0.1) is 11.3 Å². The Morgan fingerprint density at radius 1 is 1.30 bits per heavy atom. The van der Waals surface area contributed by atoms with Crippen LogP contribution < -0.4 is 5.32 Å². The van der Waals surface area contributed by atoms with Crippen molar-refractivity contribution in [2.45, 2.75) is 26.1 Å². The predicted molar refractivity (Wildman–Crippen MR) is 73.1 cm³/mol. The third-order valence-electron chi connectivity index (χ3n) is 2.54. The monoisotopic (exact) mass is 321 g/mol. The van der Waals surface area contributed by atoms with E-state index in [4.69, 9.17) is 11.6 Å². The Bertz CT molecular complexity index is 612. The topological polar surface area (TPSA) is 37.8 Å². The molecular weight excluding hydrogens is 311 g/mol. The van der Waals surface area contributed by atoms with Gasteiger partial charge in [0, 0.05) is 15.8 Å². The molecule has 2 heterocycles. The number of nitrogens with one attached hydrogen (secondary N) is 1. The lowest BCUT2D eigenvalue weighted by atomic mass is 10.2. The van der Waals surface area contributed by atoms with Crippen LogP contribution in [0, 0.1) is 6.92 Å². The summed E-state index contributed by atoms with van der Waals surface area (Å²) in [5.41, 5.74) is -1.06. The fraction of sp³-hybridized carbons (Fsp3) is 0.333. The van der Waals surface area contributed by atoms with Gasteiger partial charge in [-0.2, -0.15) is 13.2 Å². The Hall–Kier alpha value is -1.34. The highest BCUT2D eigenvalue weighted by molar-refractivity contribution is 7.12. The first-order chi connectivity index (χ1) is 9.25. The van der Waals surface area contributed by atoms with Crippen molar-refractivity contribution in [3.05, 3.63) is 38.9 Å². The van der Waals surface area contributed by atoms with Crippen LogP contribution in [0.25, 0.3) is 0 Å². The molecule has 8 heteroatoms. The zero-order valence-corrected chi connectivity index (χ0v) is 12.2. The second kappa shape index (κ2) is 5.57. The predicted octanol–water partition coefficient (Wildman–Crippen LogP) is 4.69.